The van der Waals surface area contributed by atoms with Crippen molar-refractivity contribution in [3.8, 4) is 0 Å². The predicted molar refractivity (Wildman–Crippen MR) is 110 cm³/mol. The van der Waals surface area contributed by atoms with Crippen molar-refractivity contribution in [3.63, 3.8) is 0 Å². The molecule has 0 unspecified atom stereocenters. The molecule has 0 aliphatic carbocycles. The third kappa shape index (κ3) is 6.66. The lowest BCUT2D eigenvalue weighted by molar-refractivity contribution is 0.0755. The van der Waals surface area contributed by atoms with Crippen molar-refractivity contribution in [2.45, 2.75) is 40.0 Å². The molecule has 0 aromatic heterocycles. The Morgan fingerprint density at radius 3 is 2.07 bits per heavy atom. The molecular formula is C23H28F2N2O2. The first-order valence-electron chi connectivity index (χ1n) is 9.98. The van der Waals surface area contributed by atoms with Gasteiger partial charge in [0.05, 0.1) is 0 Å². The molecule has 0 spiro atoms. The van der Waals surface area contributed by atoms with Gasteiger partial charge in [-0.15, -0.1) is 0 Å². The van der Waals surface area contributed by atoms with Crippen molar-refractivity contribution in [2.75, 3.05) is 19.6 Å². The second-order valence-corrected chi connectivity index (χ2v) is 7.16. The third-order valence-corrected chi connectivity index (χ3v) is 4.48. The Morgan fingerprint density at radius 2 is 1.48 bits per heavy atom. The zero-order valence-electron chi connectivity index (χ0n) is 17.2. The molecule has 0 saturated heterocycles. The van der Waals surface area contributed by atoms with Crippen LogP contribution < -0.4 is 5.32 Å². The van der Waals surface area contributed by atoms with Crippen molar-refractivity contribution in [2.24, 2.45) is 0 Å². The van der Waals surface area contributed by atoms with E-state index in [1.54, 1.807) is 23.1 Å². The Morgan fingerprint density at radius 1 is 0.897 bits per heavy atom. The van der Waals surface area contributed by atoms with E-state index in [-0.39, 0.29) is 18.4 Å². The molecule has 2 rings (SSSR count). The maximum atomic E-state index is 13.3. The first-order valence-corrected chi connectivity index (χ1v) is 9.98. The van der Waals surface area contributed by atoms with Gasteiger partial charge in [-0.3, -0.25) is 9.59 Å². The number of benzene rings is 2. The van der Waals surface area contributed by atoms with Crippen LogP contribution in [-0.4, -0.2) is 36.3 Å². The highest BCUT2D eigenvalue weighted by molar-refractivity contribution is 6.00. The monoisotopic (exact) mass is 402 g/mol. The topological polar surface area (TPSA) is 49.4 Å². The largest absolute Gasteiger partial charge is 0.352 e. The fourth-order valence-electron chi connectivity index (χ4n) is 3.25. The minimum Gasteiger partial charge on any atom is -0.352 e. The summed E-state index contributed by atoms with van der Waals surface area (Å²) >= 11 is 0. The number of amides is 2. The highest BCUT2D eigenvalue weighted by atomic mass is 19.1. The van der Waals surface area contributed by atoms with E-state index in [9.17, 15) is 18.4 Å². The molecular weight excluding hydrogens is 374 g/mol. The lowest BCUT2D eigenvalue weighted by atomic mass is 10.0. The zero-order chi connectivity index (χ0) is 21.4. The molecule has 0 aliphatic heterocycles. The summed E-state index contributed by atoms with van der Waals surface area (Å²) in [5.41, 5.74) is 2.18. The van der Waals surface area contributed by atoms with Crippen LogP contribution in [0.25, 0.3) is 0 Å². The van der Waals surface area contributed by atoms with Gasteiger partial charge in [-0.1, -0.05) is 13.8 Å². The van der Waals surface area contributed by atoms with Gasteiger partial charge >= 0.3 is 0 Å². The SMILES string of the molecule is CCCN(CCC)C(=O)c1cc(C)cc(C(=O)NCCc2cc(F)cc(F)c2)c1. The second-order valence-electron chi connectivity index (χ2n) is 7.16. The summed E-state index contributed by atoms with van der Waals surface area (Å²) in [4.78, 5) is 27.2. The standard InChI is InChI=1S/C23H28F2N2O2/c1-4-8-27(9-5-2)23(29)19-11-16(3)10-18(14-19)22(28)26-7-6-17-12-20(24)15-21(25)13-17/h10-15H,4-9H2,1-3H3,(H,26,28). The number of rotatable bonds is 9. The van der Waals surface area contributed by atoms with E-state index in [0.717, 1.165) is 24.5 Å². The van der Waals surface area contributed by atoms with Gasteiger partial charge in [0, 0.05) is 36.8 Å². The molecule has 2 aromatic carbocycles. The average molecular weight is 402 g/mol. The third-order valence-electron chi connectivity index (χ3n) is 4.48. The van der Waals surface area contributed by atoms with Gasteiger partial charge < -0.3 is 10.2 Å². The molecule has 0 heterocycles. The van der Waals surface area contributed by atoms with E-state index in [2.05, 4.69) is 5.32 Å². The fourth-order valence-corrected chi connectivity index (χ4v) is 3.25. The van der Waals surface area contributed by atoms with E-state index in [1.807, 2.05) is 20.8 Å². The maximum absolute atomic E-state index is 13.3. The normalized spacial score (nSPS) is 10.7. The number of nitrogens with zero attached hydrogens (tertiary/aromatic N) is 1. The van der Waals surface area contributed by atoms with Gasteiger partial charge in [-0.2, -0.15) is 0 Å². The van der Waals surface area contributed by atoms with Crippen molar-refractivity contribution in [1.82, 2.24) is 10.2 Å². The van der Waals surface area contributed by atoms with Gasteiger partial charge in [-0.05, 0) is 67.6 Å². The lowest BCUT2D eigenvalue weighted by Gasteiger charge is -2.22. The van der Waals surface area contributed by atoms with E-state index in [1.165, 1.54) is 12.1 Å². The summed E-state index contributed by atoms with van der Waals surface area (Å²) in [6.45, 7) is 7.47. The van der Waals surface area contributed by atoms with Crippen molar-refractivity contribution >= 4 is 11.8 Å². The molecule has 6 heteroatoms. The lowest BCUT2D eigenvalue weighted by Crippen LogP contribution is -2.33. The maximum Gasteiger partial charge on any atom is 0.253 e. The van der Waals surface area contributed by atoms with Gasteiger partial charge in [0.2, 0.25) is 0 Å². The van der Waals surface area contributed by atoms with Crippen LogP contribution in [0.4, 0.5) is 8.78 Å². The van der Waals surface area contributed by atoms with E-state index >= 15 is 0 Å². The molecule has 2 aromatic rings. The number of carbonyl (C=O) groups excluding carboxylic acids is 2. The summed E-state index contributed by atoms with van der Waals surface area (Å²) < 4.78 is 26.5. The number of halogens is 2. The summed E-state index contributed by atoms with van der Waals surface area (Å²) in [6.07, 6.45) is 2.04. The number of nitrogens with one attached hydrogen (secondary N) is 1. The van der Waals surface area contributed by atoms with Gasteiger partial charge in [-0.25, -0.2) is 8.78 Å². The molecule has 29 heavy (non-hydrogen) atoms. The quantitative estimate of drug-likeness (QED) is 0.671. The Hall–Kier alpha value is -2.76. The van der Waals surface area contributed by atoms with Gasteiger partial charge in [0.25, 0.3) is 11.8 Å². The molecule has 0 fully saturated rings. The molecule has 2 amide bonds. The van der Waals surface area contributed by atoms with E-state index in [4.69, 9.17) is 0 Å². The summed E-state index contributed by atoms with van der Waals surface area (Å²) in [7, 11) is 0. The van der Waals surface area contributed by atoms with Crippen LogP contribution in [0.1, 0.15) is 58.5 Å². The highest BCUT2D eigenvalue weighted by Gasteiger charge is 2.17. The smallest absolute Gasteiger partial charge is 0.253 e. The summed E-state index contributed by atoms with van der Waals surface area (Å²) in [6, 6.07) is 8.41. The van der Waals surface area contributed by atoms with Crippen LogP contribution in [0.3, 0.4) is 0 Å². The highest BCUT2D eigenvalue weighted by Crippen LogP contribution is 2.14. The average Bonchev–Trinajstić information content (AvgIpc) is 2.66. The zero-order valence-corrected chi connectivity index (χ0v) is 17.2. The van der Waals surface area contributed by atoms with Crippen LogP contribution in [0.2, 0.25) is 0 Å². The number of aryl methyl sites for hydroxylation is 1. The molecule has 0 saturated carbocycles. The number of hydrogen-bond donors (Lipinski definition) is 1. The van der Waals surface area contributed by atoms with Gasteiger partial charge in [0.1, 0.15) is 11.6 Å². The molecule has 0 atom stereocenters. The van der Waals surface area contributed by atoms with Crippen molar-refractivity contribution in [1.29, 1.82) is 0 Å². The van der Waals surface area contributed by atoms with E-state index < -0.39 is 11.6 Å². The summed E-state index contributed by atoms with van der Waals surface area (Å²) in [5.74, 6) is -1.69. The van der Waals surface area contributed by atoms with Gasteiger partial charge in [0.15, 0.2) is 0 Å². The molecule has 0 radical (unpaired) electrons. The predicted octanol–water partition coefficient (Wildman–Crippen LogP) is 4.51. The minimum absolute atomic E-state index is 0.0818. The molecule has 0 bridgehead atoms. The summed E-state index contributed by atoms with van der Waals surface area (Å²) in [5, 5.41) is 2.75. The number of carbonyl (C=O) groups is 2. The molecule has 156 valence electrons. The van der Waals surface area contributed by atoms with Crippen LogP contribution in [0.15, 0.2) is 36.4 Å². The Balaban J connectivity index is 2.07. The Kier molecular flexibility index (Phi) is 8.31. The van der Waals surface area contributed by atoms with E-state index in [0.29, 0.717) is 36.2 Å². The number of hydrogen-bond acceptors (Lipinski definition) is 2. The molecule has 1 N–H and O–H groups in total. The molecule has 0 aliphatic rings. The minimum atomic E-state index is -0.642. The van der Waals surface area contributed by atoms with Crippen LogP contribution in [0, 0.1) is 18.6 Å². The van der Waals surface area contributed by atoms with Crippen LogP contribution in [0.5, 0.6) is 0 Å². The Bertz CT molecular complexity index is 842. The first-order chi connectivity index (χ1) is 13.8. The fraction of sp³-hybridized carbons (Fsp3) is 0.391. The Labute approximate surface area is 170 Å². The van der Waals surface area contributed by atoms with Crippen LogP contribution in [-0.2, 0) is 6.42 Å². The molecule has 4 nitrogen and oxygen atoms in total. The van der Waals surface area contributed by atoms with Crippen LogP contribution >= 0.6 is 0 Å². The second kappa shape index (κ2) is 10.7. The first kappa shape index (κ1) is 22.5. The van der Waals surface area contributed by atoms with Crippen molar-refractivity contribution < 1.29 is 18.4 Å². The van der Waals surface area contributed by atoms with Crippen molar-refractivity contribution in [3.05, 3.63) is 70.3 Å².